The second-order valence-corrected chi connectivity index (χ2v) is 5.58. The fourth-order valence-electron chi connectivity index (χ4n) is 2.36. The Bertz CT molecular complexity index is 569. The van der Waals surface area contributed by atoms with Crippen molar-refractivity contribution in [3.8, 4) is 5.75 Å². The van der Waals surface area contributed by atoms with Gasteiger partial charge in [-0.3, -0.25) is 0 Å². The SMILES string of the molecule is COc1ccc(F)c(NC(CC(C)C)c2ccccc2)c1. The highest BCUT2D eigenvalue weighted by molar-refractivity contribution is 5.51. The second-order valence-electron chi connectivity index (χ2n) is 5.58. The number of anilines is 1. The van der Waals surface area contributed by atoms with E-state index in [1.165, 1.54) is 6.07 Å². The summed E-state index contributed by atoms with van der Waals surface area (Å²) in [4.78, 5) is 0. The van der Waals surface area contributed by atoms with Crippen molar-refractivity contribution in [3.05, 3.63) is 59.9 Å². The molecule has 2 aromatic carbocycles. The van der Waals surface area contributed by atoms with Crippen molar-refractivity contribution in [1.29, 1.82) is 0 Å². The highest BCUT2D eigenvalue weighted by atomic mass is 19.1. The predicted octanol–water partition coefficient (Wildman–Crippen LogP) is 5.03. The summed E-state index contributed by atoms with van der Waals surface area (Å²) in [6, 6.07) is 15.0. The monoisotopic (exact) mass is 287 g/mol. The molecule has 0 bridgehead atoms. The van der Waals surface area contributed by atoms with Crippen LogP contribution in [0, 0.1) is 11.7 Å². The van der Waals surface area contributed by atoms with E-state index in [1.807, 2.05) is 18.2 Å². The maximum atomic E-state index is 14.0. The Morgan fingerprint density at radius 3 is 2.43 bits per heavy atom. The fraction of sp³-hybridized carbons (Fsp3) is 0.333. The van der Waals surface area contributed by atoms with E-state index in [0.717, 1.165) is 12.0 Å². The standard InChI is InChI=1S/C18H22FNO/c1-13(2)11-17(14-7-5-4-6-8-14)20-18-12-15(21-3)9-10-16(18)19/h4-10,12-13,17,20H,11H2,1-3H3. The first-order chi connectivity index (χ1) is 10.1. The zero-order chi connectivity index (χ0) is 15.2. The summed E-state index contributed by atoms with van der Waals surface area (Å²) in [7, 11) is 1.58. The number of ether oxygens (including phenoxy) is 1. The Kier molecular flexibility index (Phi) is 5.20. The average Bonchev–Trinajstić information content (AvgIpc) is 2.49. The summed E-state index contributed by atoms with van der Waals surface area (Å²) in [5, 5.41) is 3.31. The summed E-state index contributed by atoms with van der Waals surface area (Å²) in [5.41, 5.74) is 1.64. The maximum Gasteiger partial charge on any atom is 0.146 e. The van der Waals surface area contributed by atoms with E-state index in [9.17, 15) is 4.39 Å². The van der Waals surface area contributed by atoms with Gasteiger partial charge in [-0.05, 0) is 30.0 Å². The summed E-state index contributed by atoms with van der Waals surface area (Å²) < 4.78 is 19.2. The molecule has 21 heavy (non-hydrogen) atoms. The summed E-state index contributed by atoms with van der Waals surface area (Å²) in [6.45, 7) is 4.33. The molecule has 0 aromatic heterocycles. The molecular weight excluding hydrogens is 265 g/mol. The third-order valence-electron chi connectivity index (χ3n) is 3.41. The third kappa shape index (κ3) is 4.22. The Balaban J connectivity index is 2.27. The molecule has 1 N–H and O–H groups in total. The van der Waals surface area contributed by atoms with E-state index < -0.39 is 0 Å². The van der Waals surface area contributed by atoms with Gasteiger partial charge in [0, 0.05) is 6.07 Å². The molecule has 0 aliphatic carbocycles. The van der Waals surface area contributed by atoms with Crippen LogP contribution in [0.5, 0.6) is 5.75 Å². The number of benzene rings is 2. The Morgan fingerprint density at radius 2 is 1.81 bits per heavy atom. The van der Waals surface area contributed by atoms with Crippen LogP contribution >= 0.6 is 0 Å². The van der Waals surface area contributed by atoms with Gasteiger partial charge in [0.1, 0.15) is 11.6 Å². The molecule has 0 aliphatic heterocycles. The van der Waals surface area contributed by atoms with Crippen LogP contribution in [0.2, 0.25) is 0 Å². The molecule has 0 saturated heterocycles. The van der Waals surface area contributed by atoms with Gasteiger partial charge in [0.15, 0.2) is 0 Å². The van der Waals surface area contributed by atoms with Crippen LogP contribution in [0.25, 0.3) is 0 Å². The third-order valence-corrected chi connectivity index (χ3v) is 3.41. The van der Waals surface area contributed by atoms with Gasteiger partial charge >= 0.3 is 0 Å². The Labute approximate surface area is 126 Å². The Hall–Kier alpha value is -2.03. The number of rotatable bonds is 6. The Morgan fingerprint density at radius 1 is 1.10 bits per heavy atom. The smallest absolute Gasteiger partial charge is 0.146 e. The van der Waals surface area contributed by atoms with Crippen LogP contribution in [0.1, 0.15) is 31.9 Å². The van der Waals surface area contributed by atoms with Gasteiger partial charge in [-0.2, -0.15) is 0 Å². The van der Waals surface area contributed by atoms with Crippen LogP contribution in [-0.4, -0.2) is 7.11 Å². The first-order valence-electron chi connectivity index (χ1n) is 7.25. The first-order valence-corrected chi connectivity index (χ1v) is 7.25. The lowest BCUT2D eigenvalue weighted by molar-refractivity contribution is 0.414. The highest BCUT2D eigenvalue weighted by Gasteiger charge is 2.15. The average molecular weight is 287 g/mol. The highest BCUT2D eigenvalue weighted by Crippen LogP contribution is 2.29. The number of methoxy groups -OCH3 is 1. The minimum atomic E-state index is -0.263. The van der Waals surface area contributed by atoms with Gasteiger partial charge in [-0.15, -0.1) is 0 Å². The van der Waals surface area contributed by atoms with Gasteiger partial charge in [0.05, 0.1) is 18.8 Å². The molecule has 2 aromatic rings. The molecule has 3 heteroatoms. The van der Waals surface area contributed by atoms with Crippen molar-refractivity contribution in [1.82, 2.24) is 0 Å². The van der Waals surface area contributed by atoms with Gasteiger partial charge in [0.25, 0.3) is 0 Å². The molecule has 0 fully saturated rings. The molecule has 0 spiro atoms. The van der Waals surface area contributed by atoms with Gasteiger partial charge in [-0.1, -0.05) is 44.2 Å². The van der Waals surface area contributed by atoms with Crippen LogP contribution in [0.15, 0.2) is 48.5 Å². The molecule has 0 heterocycles. The zero-order valence-electron chi connectivity index (χ0n) is 12.8. The topological polar surface area (TPSA) is 21.3 Å². The minimum absolute atomic E-state index is 0.0767. The van der Waals surface area contributed by atoms with E-state index in [2.05, 4.69) is 31.3 Å². The number of nitrogens with one attached hydrogen (secondary N) is 1. The number of hydrogen-bond acceptors (Lipinski definition) is 2. The molecule has 2 rings (SSSR count). The van der Waals surface area contributed by atoms with Gasteiger partial charge < -0.3 is 10.1 Å². The van der Waals surface area contributed by atoms with E-state index >= 15 is 0 Å². The summed E-state index contributed by atoms with van der Waals surface area (Å²) in [5.74, 6) is 0.895. The van der Waals surface area contributed by atoms with Crippen molar-refractivity contribution in [2.24, 2.45) is 5.92 Å². The van der Waals surface area contributed by atoms with Crippen LogP contribution < -0.4 is 10.1 Å². The van der Waals surface area contributed by atoms with Crippen LogP contribution in [0.3, 0.4) is 0 Å². The number of hydrogen-bond donors (Lipinski definition) is 1. The van der Waals surface area contributed by atoms with E-state index in [4.69, 9.17) is 4.74 Å². The van der Waals surface area contributed by atoms with Crippen molar-refractivity contribution in [2.45, 2.75) is 26.3 Å². The summed E-state index contributed by atoms with van der Waals surface area (Å²) >= 11 is 0. The normalized spacial score (nSPS) is 12.2. The van der Waals surface area contributed by atoms with Crippen molar-refractivity contribution in [2.75, 3.05) is 12.4 Å². The van der Waals surface area contributed by atoms with E-state index in [0.29, 0.717) is 17.4 Å². The van der Waals surface area contributed by atoms with Crippen molar-refractivity contribution in [3.63, 3.8) is 0 Å². The summed E-state index contributed by atoms with van der Waals surface area (Å²) in [6.07, 6.45) is 0.931. The largest absolute Gasteiger partial charge is 0.497 e. The molecule has 1 atom stereocenters. The van der Waals surface area contributed by atoms with Crippen LogP contribution in [-0.2, 0) is 0 Å². The fourth-order valence-corrected chi connectivity index (χ4v) is 2.36. The molecular formula is C18H22FNO. The predicted molar refractivity (Wildman–Crippen MR) is 85.2 cm³/mol. The second kappa shape index (κ2) is 7.11. The van der Waals surface area contributed by atoms with Crippen molar-refractivity contribution < 1.29 is 9.13 Å². The van der Waals surface area contributed by atoms with E-state index in [1.54, 1.807) is 19.2 Å². The minimum Gasteiger partial charge on any atom is -0.497 e. The quantitative estimate of drug-likeness (QED) is 0.804. The maximum absolute atomic E-state index is 14.0. The lowest BCUT2D eigenvalue weighted by atomic mass is 9.96. The van der Waals surface area contributed by atoms with Gasteiger partial charge in [0.2, 0.25) is 0 Å². The molecule has 0 amide bonds. The van der Waals surface area contributed by atoms with Crippen molar-refractivity contribution >= 4 is 5.69 Å². The molecule has 2 nitrogen and oxygen atoms in total. The lowest BCUT2D eigenvalue weighted by Gasteiger charge is -2.23. The molecule has 112 valence electrons. The lowest BCUT2D eigenvalue weighted by Crippen LogP contribution is -2.14. The molecule has 1 unspecified atom stereocenters. The molecule has 0 radical (unpaired) electrons. The molecule has 0 aliphatic rings. The zero-order valence-corrected chi connectivity index (χ0v) is 12.8. The van der Waals surface area contributed by atoms with E-state index in [-0.39, 0.29) is 11.9 Å². The van der Waals surface area contributed by atoms with Crippen LogP contribution in [0.4, 0.5) is 10.1 Å². The molecule has 0 saturated carbocycles. The first kappa shape index (κ1) is 15.4. The van der Waals surface area contributed by atoms with Gasteiger partial charge in [-0.25, -0.2) is 4.39 Å². The number of halogens is 1.